The van der Waals surface area contributed by atoms with Gasteiger partial charge in [0.15, 0.2) is 0 Å². The summed E-state index contributed by atoms with van der Waals surface area (Å²) < 4.78 is 6.98. The molecule has 1 amide bonds. The Morgan fingerprint density at radius 3 is 2.66 bits per heavy atom. The summed E-state index contributed by atoms with van der Waals surface area (Å²) in [7, 11) is 0. The zero-order valence-electron chi connectivity index (χ0n) is 17.1. The molecule has 0 spiro atoms. The highest BCUT2D eigenvalue weighted by Crippen LogP contribution is 2.34. The van der Waals surface area contributed by atoms with Crippen LogP contribution in [0.4, 0.5) is 0 Å². The van der Waals surface area contributed by atoms with Crippen LogP contribution in [0.1, 0.15) is 29.0 Å². The third-order valence-electron chi connectivity index (χ3n) is 5.42. The zero-order chi connectivity index (χ0) is 22.7. The van der Waals surface area contributed by atoms with Crippen molar-refractivity contribution in [1.29, 1.82) is 0 Å². The Labute approximate surface area is 199 Å². The van der Waals surface area contributed by atoms with Crippen molar-refractivity contribution in [3.8, 4) is 11.5 Å². The second kappa shape index (κ2) is 9.76. The fourth-order valence-electron chi connectivity index (χ4n) is 3.88. The summed E-state index contributed by atoms with van der Waals surface area (Å²) in [6, 6.07) is 20.3. The Kier molecular flexibility index (Phi) is 6.82. The molecule has 3 aromatic rings. The summed E-state index contributed by atoms with van der Waals surface area (Å²) in [4.78, 5) is 25.6. The SMILES string of the molecule is O=C(O)Cc1cccc(Oc2ccc(Br)cc2CN2CC(c3ccc(Cl)cc3)CC2=O)c1. The van der Waals surface area contributed by atoms with E-state index in [-0.39, 0.29) is 18.2 Å². The van der Waals surface area contributed by atoms with Crippen molar-refractivity contribution >= 4 is 39.4 Å². The van der Waals surface area contributed by atoms with Crippen molar-refractivity contribution in [2.24, 2.45) is 0 Å². The van der Waals surface area contributed by atoms with Gasteiger partial charge in [-0.2, -0.15) is 0 Å². The number of carbonyl (C=O) groups is 2. The number of carboxylic acids is 1. The molecule has 1 saturated heterocycles. The smallest absolute Gasteiger partial charge is 0.307 e. The highest BCUT2D eigenvalue weighted by molar-refractivity contribution is 9.10. The molecule has 0 radical (unpaired) electrons. The van der Waals surface area contributed by atoms with Gasteiger partial charge >= 0.3 is 5.97 Å². The quantitative estimate of drug-likeness (QED) is 0.417. The lowest BCUT2D eigenvalue weighted by molar-refractivity contribution is -0.136. The van der Waals surface area contributed by atoms with Gasteiger partial charge in [0.25, 0.3) is 0 Å². The summed E-state index contributed by atoms with van der Waals surface area (Å²) in [6.07, 6.45) is 0.391. The number of hydrogen-bond donors (Lipinski definition) is 1. The van der Waals surface area contributed by atoms with Crippen molar-refractivity contribution in [3.63, 3.8) is 0 Å². The van der Waals surface area contributed by atoms with Gasteiger partial charge in [0, 0.05) is 40.5 Å². The molecule has 4 rings (SSSR count). The Balaban J connectivity index is 1.52. The van der Waals surface area contributed by atoms with Crippen molar-refractivity contribution in [3.05, 3.63) is 92.9 Å². The second-order valence-electron chi connectivity index (χ2n) is 7.80. The summed E-state index contributed by atoms with van der Waals surface area (Å²) in [5.41, 5.74) is 2.63. The van der Waals surface area contributed by atoms with Gasteiger partial charge in [0.2, 0.25) is 5.91 Å². The molecule has 1 aliphatic heterocycles. The van der Waals surface area contributed by atoms with E-state index >= 15 is 0 Å². The minimum absolute atomic E-state index is 0.0707. The van der Waals surface area contributed by atoms with E-state index in [1.807, 2.05) is 47.4 Å². The fraction of sp³-hybridized carbons (Fsp3) is 0.200. The lowest BCUT2D eigenvalue weighted by Gasteiger charge is -2.20. The van der Waals surface area contributed by atoms with E-state index in [1.165, 1.54) is 0 Å². The molecule has 0 aromatic heterocycles. The third kappa shape index (κ3) is 5.50. The van der Waals surface area contributed by atoms with Crippen LogP contribution in [0.5, 0.6) is 11.5 Å². The van der Waals surface area contributed by atoms with Crippen LogP contribution in [0.3, 0.4) is 0 Å². The Bertz CT molecular complexity index is 1150. The molecular weight excluding hydrogens is 494 g/mol. The maximum absolute atomic E-state index is 12.7. The monoisotopic (exact) mass is 513 g/mol. The predicted octanol–water partition coefficient (Wildman–Crippen LogP) is 6.04. The van der Waals surface area contributed by atoms with Gasteiger partial charge in [-0.05, 0) is 53.6 Å². The minimum Gasteiger partial charge on any atom is -0.481 e. The fourth-order valence-corrected chi connectivity index (χ4v) is 4.42. The largest absolute Gasteiger partial charge is 0.481 e. The van der Waals surface area contributed by atoms with Crippen molar-refractivity contribution < 1.29 is 19.4 Å². The molecule has 0 saturated carbocycles. The molecule has 0 aliphatic carbocycles. The van der Waals surface area contributed by atoms with E-state index in [0.717, 1.165) is 15.6 Å². The van der Waals surface area contributed by atoms with E-state index in [1.54, 1.807) is 24.3 Å². The van der Waals surface area contributed by atoms with E-state index in [4.69, 9.17) is 21.4 Å². The average Bonchev–Trinajstić information content (AvgIpc) is 3.10. The topological polar surface area (TPSA) is 66.8 Å². The van der Waals surface area contributed by atoms with E-state index in [2.05, 4.69) is 15.9 Å². The molecule has 1 N–H and O–H groups in total. The molecule has 5 nitrogen and oxygen atoms in total. The number of amides is 1. The Morgan fingerprint density at radius 1 is 1.12 bits per heavy atom. The van der Waals surface area contributed by atoms with Crippen LogP contribution in [0.2, 0.25) is 5.02 Å². The molecule has 32 heavy (non-hydrogen) atoms. The Morgan fingerprint density at radius 2 is 1.91 bits per heavy atom. The number of benzene rings is 3. The lowest BCUT2D eigenvalue weighted by Crippen LogP contribution is -2.24. The average molecular weight is 515 g/mol. The standard InChI is InChI=1S/C25H21BrClNO4/c26-20-6-9-23(32-22-3-1-2-16(10-22)11-25(30)31)19(12-20)15-28-14-18(13-24(28)29)17-4-7-21(27)8-5-17/h1-10,12,18H,11,13-15H2,(H,30,31). The van der Waals surface area contributed by atoms with Gasteiger partial charge in [0.05, 0.1) is 6.42 Å². The summed E-state index contributed by atoms with van der Waals surface area (Å²) in [5.74, 6) is 0.514. The van der Waals surface area contributed by atoms with Gasteiger partial charge in [-0.25, -0.2) is 0 Å². The Hall–Kier alpha value is -2.83. The minimum atomic E-state index is -0.894. The van der Waals surface area contributed by atoms with Crippen molar-refractivity contribution in [1.82, 2.24) is 4.90 Å². The van der Waals surface area contributed by atoms with Crippen LogP contribution in [0.25, 0.3) is 0 Å². The van der Waals surface area contributed by atoms with Crippen LogP contribution in [0.15, 0.2) is 71.2 Å². The number of hydrogen-bond acceptors (Lipinski definition) is 3. The molecular formula is C25H21BrClNO4. The predicted molar refractivity (Wildman–Crippen MR) is 126 cm³/mol. The summed E-state index contributed by atoms with van der Waals surface area (Å²) in [6.45, 7) is 1.05. The van der Waals surface area contributed by atoms with Crippen molar-refractivity contribution in [2.75, 3.05) is 6.54 Å². The van der Waals surface area contributed by atoms with Gasteiger partial charge in [-0.3, -0.25) is 9.59 Å². The number of nitrogens with zero attached hydrogens (tertiary/aromatic N) is 1. The molecule has 3 aromatic carbocycles. The number of likely N-dealkylation sites (tertiary alicyclic amines) is 1. The molecule has 1 unspecified atom stereocenters. The normalized spacial score (nSPS) is 15.8. The summed E-state index contributed by atoms with van der Waals surface area (Å²) >= 11 is 9.50. The molecule has 0 bridgehead atoms. The van der Waals surface area contributed by atoms with Crippen LogP contribution in [-0.4, -0.2) is 28.4 Å². The molecule has 1 atom stereocenters. The van der Waals surface area contributed by atoms with Crippen LogP contribution < -0.4 is 4.74 Å². The zero-order valence-corrected chi connectivity index (χ0v) is 19.5. The highest BCUT2D eigenvalue weighted by atomic mass is 79.9. The number of ether oxygens (including phenoxy) is 1. The van der Waals surface area contributed by atoms with Crippen molar-refractivity contribution in [2.45, 2.75) is 25.3 Å². The van der Waals surface area contributed by atoms with Crippen LogP contribution >= 0.6 is 27.5 Å². The first kappa shape index (κ1) is 22.4. The number of rotatable bonds is 7. The van der Waals surface area contributed by atoms with E-state index in [9.17, 15) is 9.59 Å². The first-order chi connectivity index (χ1) is 15.4. The van der Waals surface area contributed by atoms with Gasteiger partial charge < -0.3 is 14.7 Å². The first-order valence-electron chi connectivity index (χ1n) is 10.2. The first-order valence-corrected chi connectivity index (χ1v) is 11.3. The second-order valence-corrected chi connectivity index (χ2v) is 9.15. The molecule has 1 aliphatic rings. The number of carboxylic acid groups (broad SMARTS) is 1. The highest BCUT2D eigenvalue weighted by Gasteiger charge is 2.31. The van der Waals surface area contributed by atoms with Gasteiger partial charge in [-0.15, -0.1) is 0 Å². The molecule has 164 valence electrons. The third-order valence-corrected chi connectivity index (χ3v) is 6.17. The van der Waals surface area contributed by atoms with Gasteiger partial charge in [-0.1, -0.05) is 51.8 Å². The molecule has 1 fully saturated rings. The van der Waals surface area contributed by atoms with Crippen LogP contribution in [-0.2, 0) is 22.6 Å². The van der Waals surface area contributed by atoms with E-state index in [0.29, 0.717) is 41.6 Å². The number of aliphatic carboxylic acids is 1. The van der Waals surface area contributed by atoms with E-state index < -0.39 is 5.97 Å². The molecule has 7 heteroatoms. The lowest BCUT2D eigenvalue weighted by atomic mass is 9.98. The molecule has 1 heterocycles. The van der Waals surface area contributed by atoms with Gasteiger partial charge in [0.1, 0.15) is 11.5 Å². The summed E-state index contributed by atoms with van der Waals surface area (Å²) in [5, 5.41) is 9.71. The maximum atomic E-state index is 12.7. The number of halogens is 2. The van der Waals surface area contributed by atoms with Crippen LogP contribution in [0, 0.1) is 0 Å². The number of carbonyl (C=O) groups excluding carboxylic acids is 1. The maximum Gasteiger partial charge on any atom is 0.307 e.